The quantitative estimate of drug-likeness (QED) is 0.673. The summed E-state index contributed by atoms with van der Waals surface area (Å²) in [5.41, 5.74) is -0.705. The van der Waals surface area contributed by atoms with Crippen LogP contribution >= 0.6 is 0 Å². The molecule has 128 valence electrons. The van der Waals surface area contributed by atoms with Crippen LogP contribution in [0.5, 0.6) is 0 Å². The lowest BCUT2D eigenvalue weighted by molar-refractivity contribution is -0.137. The number of nitrogens with zero attached hydrogens (tertiary/aromatic N) is 1. The van der Waals surface area contributed by atoms with Crippen LogP contribution in [0.3, 0.4) is 0 Å². The first-order valence-electron chi connectivity index (χ1n) is 7.34. The van der Waals surface area contributed by atoms with E-state index in [2.05, 4.69) is 10.3 Å². The molecule has 0 saturated carbocycles. The Balaban J connectivity index is 2.87. The fourth-order valence-electron chi connectivity index (χ4n) is 1.56. The molecular formula is C16H21F3N2O2. The van der Waals surface area contributed by atoms with E-state index >= 15 is 0 Å². The predicted molar refractivity (Wildman–Crippen MR) is 82.3 cm³/mol. The van der Waals surface area contributed by atoms with Crippen molar-refractivity contribution in [1.82, 2.24) is 5.32 Å². The van der Waals surface area contributed by atoms with Gasteiger partial charge in [0.1, 0.15) is 0 Å². The van der Waals surface area contributed by atoms with Crippen LogP contribution < -0.4 is 5.32 Å². The van der Waals surface area contributed by atoms with Crippen LogP contribution in [0.1, 0.15) is 43.6 Å². The Morgan fingerprint density at radius 1 is 1.22 bits per heavy atom. The number of hydrogen-bond donors (Lipinski definition) is 1. The average Bonchev–Trinajstić information content (AvgIpc) is 2.46. The van der Waals surface area contributed by atoms with Gasteiger partial charge in [0.15, 0.2) is 0 Å². The maximum atomic E-state index is 12.5. The van der Waals surface area contributed by atoms with Crippen molar-refractivity contribution < 1.29 is 22.7 Å². The van der Waals surface area contributed by atoms with Crippen molar-refractivity contribution in [3.05, 3.63) is 35.4 Å². The molecule has 0 aliphatic heterocycles. The first-order chi connectivity index (χ1) is 10.6. The van der Waals surface area contributed by atoms with Gasteiger partial charge in [-0.15, -0.1) is 0 Å². The Morgan fingerprint density at radius 3 is 2.22 bits per heavy atom. The third-order valence-corrected chi connectivity index (χ3v) is 3.26. The summed E-state index contributed by atoms with van der Waals surface area (Å²) in [4.78, 5) is 16.4. The zero-order valence-corrected chi connectivity index (χ0v) is 13.6. The molecule has 1 aromatic carbocycles. The van der Waals surface area contributed by atoms with Gasteiger partial charge in [-0.1, -0.05) is 13.8 Å². The topological polar surface area (TPSA) is 50.7 Å². The van der Waals surface area contributed by atoms with Crippen molar-refractivity contribution in [1.29, 1.82) is 0 Å². The van der Waals surface area contributed by atoms with Gasteiger partial charge in [0.05, 0.1) is 18.2 Å². The second-order valence-electron chi connectivity index (χ2n) is 5.38. The number of amidine groups is 1. The summed E-state index contributed by atoms with van der Waals surface area (Å²) in [6.45, 7) is 7.91. The Morgan fingerprint density at radius 2 is 1.78 bits per heavy atom. The zero-order chi connectivity index (χ0) is 17.6. The average molecular weight is 330 g/mol. The zero-order valence-electron chi connectivity index (χ0n) is 13.6. The van der Waals surface area contributed by atoms with Crippen LogP contribution in [-0.2, 0) is 10.9 Å². The summed E-state index contributed by atoms with van der Waals surface area (Å²) in [6, 6.07) is 3.97. The summed E-state index contributed by atoms with van der Waals surface area (Å²) in [6.07, 6.45) is -4.43. The molecule has 0 aliphatic carbocycles. The van der Waals surface area contributed by atoms with E-state index in [4.69, 9.17) is 4.74 Å². The van der Waals surface area contributed by atoms with Gasteiger partial charge >= 0.3 is 6.18 Å². The third kappa shape index (κ3) is 5.92. The van der Waals surface area contributed by atoms with E-state index in [-0.39, 0.29) is 23.5 Å². The van der Waals surface area contributed by atoms with Gasteiger partial charge in [-0.3, -0.25) is 10.1 Å². The van der Waals surface area contributed by atoms with E-state index < -0.39 is 17.6 Å². The van der Waals surface area contributed by atoms with Crippen LogP contribution in [0.15, 0.2) is 29.3 Å². The minimum atomic E-state index is -4.43. The van der Waals surface area contributed by atoms with E-state index in [9.17, 15) is 18.0 Å². The Bertz CT molecular complexity index is 551. The highest BCUT2D eigenvalue weighted by molar-refractivity contribution is 6.04. The van der Waals surface area contributed by atoms with Crippen molar-refractivity contribution in [3.63, 3.8) is 0 Å². The number of benzene rings is 1. The van der Waals surface area contributed by atoms with Crippen LogP contribution in [0.4, 0.5) is 13.2 Å². The minimum absolute atomic E-state index is 0.0653. The van der Waals surface area contributed by atoms with Crippen LogP contribution in [0, 0.1) is 5.92 Å². The molecule has 0 radical (unpaired) electrons. The van der Waals surface area contributed by atoms with Gasteiger partial charge < -0.3 is 4.74 Å². The number of hydrogen-bond acceptors (Lipinski definition) is 3. The third-order valence-electron chi connectivity index (χ3n) is 3.26. The number of aliphatic imine (C=N–C) groups is 1. The molecule has 0 aromatic heterocycles. The molecule has 1 atom stereocenters. The minimum Gasteiger partial charge on any atom is -0.465 e. The Labute approximate surface area is 133 Å². The molecule has 0 aliphatic rings. The molecule has 1 unspecified atom stereocenters. The molecule has 0 saturated heterocycles. The van der Waals surface area contributed by atoms with Gasteiger partial charge in [-0.25, -0.2) is 4.99 Å². The van der Waals surface area contributed by atoms with Gasteiger partial charge in [0.2, 0.25) is 0 Å². The summed E-state index contributed by atoms with van der Waals surface area (Å²) >= 11 is 0. The van der Waals surface area contributed by atoms with E-state index in [0.29, 0.717) is 6.61 Å². The lowest BCUT2D eigenvalue weighted by Crippen LogP contribution is -2.34. The summed E-state index contributed by atoms with van der Waals surface area (Å²) in [5, 5.41) is 2.49. The maximum Gasteiger partial charge on any atom is 0.416 e. The second-order valence-corrected chi connectivity index (χ2v) is 5.38. The molecule has 1 aromatic rings. The molecule has 0 bridgehead atoms. The molecule has 1 amide bonds. The van der Waals surface area contributed by atoms with E-state index in [1.54, 1.807) is 6.92 Å². The molecule has 0 spiro atoms. The maximum absolute atomic E-state index is 12.5. The number of rotatable bonds is 4. The number of nitrogens with one attached hydrogen (secondary N) is 1. The highest BCUT2D eigenvalue weighted by atomic mass is 19.4. The predicted octanol–water partition coefficient (Wildman–Crippen LogP) is 3.87. The van der Waals surface area contributed by atoms with E-state index in [1.165, 1.54) is 0 Å². The summed E-state index contributed by atoms with van der Waals surface area (Å²) in [5.74, 6) is -0.310. The van der Waals surface area contributed by atoms with Gasteiger partial charge in [0.25, 0.3) is 11.9 Å². The standard InChI is InChI=1S/C16H21F3N2O2/c1-5-23-15(20-11(4)10(2)3)21-14(22)12-6-8-13(9-7-12)16(17,18)19/h6-11H,5H2,1-4H3,(H,20,21,22). The first-order valence-corrected chi connectivity index (χ1v) is 7.34. The largest absolute Gasteiger partial charge is 0.465 e. The van der Waals surface area contributed by atoms with Crippen LogP contribution in [0.25, 0.3) is 0 Å². The number of amides is 1. The second kappa shape index (κ2) is 7.99. The van der Waals surface area contributed by atoms with E-state index in [0.717, 1.165) is 24.3 Å². The highest BCUT2D eigenvalue weighted by Crippen LogP contribution is 2.29. The van der Waals surface area contributed by atoms with Crippen molar-refractivity contribution in [2.45, 2.75) is 39.9 Å². The molecule has 4 nitrogen and oxygen atoms in total. The number of alkyl halides is 3. The smallest absolute Gasteiger partial charge is 0.416 e. The molecular weight excluding hydrogens is 309 g/mol. The van der Waals surface area contributed by atoms with Crippen molar-refractivity contribution >= 4 is 11.9 Å². The molecule has 23 heavy (non-hydrogen) atoms. The molecule has 1 N–H and O–H groups in total. The SMILES string of the molecule is CCOC(=NC(C)C(C)C)NC(=O)c1ccc(C(F)(F)F)cc1. The van der Waals surface area contributed by atoms with Gasteiger partial charge in [0, 0.05) is 5.56 Å². The Hall–Kier alpha value is -2.05. The number of halogens is 3. The summed E-state index contributed by atoms with van der Waals surface area (Å²) in [7, 11) is 0. The fourth-order valence-corrected chi connectivity index (χ4v) is 1.56. The Kier molecular flexibility index (Phi) is 6.60. The van der Waals surface area contributed by atoms with Crippen molar-refractivity contribution in [2.75, 3.05) is 6.61 Å². The highest BCUT2D eigenvalue weighted by Gasteiger charge is 2.30. The molecule has 1 rings (SSSR count). The fraction of sp³-hybridized carbons (Fsp3) is 0.500. The number of carbonyl (C=O) groups excluding carboxylic acids is 1. The van der Waals surface area contributed by atoms with E-state index in [1.807, 2.05) is 20.8 Å². The normalized spacial score (nSPS) is 13.8. The lowest BCUT2D eigenvalue weighted by atomic mass is 10.1. The lowest BCUT2D eigenvalue weighted by Gasteiger charge is -2.15. The summed E-state index contributed by atoms with van der Waals surface area (Å²) < 4.78 is 42.8. The van der Waals surface area contributed by atoms with Crippen molar-refractivity contribution in [3.8, 4) is 0 Å². The van der Waals surface area contributed by atoms with Crippen LogP contribution in [-0.4, -0.2) is 24.6 Å². The number of ether oxygens (including phenoxy) is 1. The van der Waals surface area contributed by atoms with Gasteiger partial charge in [-0.05, 0) is 44.0 Å². The number of carbonyl (C=O) groups is 1. The molecule has 0 heterocycles. The van der Waals surface area contributed by atoms with Crippen LogP contribution in [0.2, 0.25) is 0 Å². The molecule has 7 heteroatoms. The van der Waals surface area contributed by atoms with Crippen molar-refractivity contribution in [2.24, 2.45) is 10.9 Å². The monoisotopic (exact) mass is 330 g/mol. The van der Waals surface area contributed by atoms with Gasteiger partial charge in [-0.2, -0.15) is 13.2 Å². The molecule has 0 fully saturated rings. The first kappa shape index (κ1) is 19.0.